The Kier molecular flexibility index (Phi) is 3.46. The highest BCUT2D eigenvalue weighted by atomic mass is 79.9. The smallest absolute Gasteiger partial charge is 0.263 e. The summed E-state index contributed by atoms with van der Waals surface area (Å²) in [4.78, 5) is 22.9. The number of halogens is 1. The number of nitrogens with one attached hydrogen (secondary N) is 1. The molecule has 1 heterocycles. The third-order valence-corrected chi connectivity index (χ3v) is 2.30. The monoisotopic (exact) mass is 258 g/mol. The third-order valence-electron chi connectivity index (χ3n) is 1.87. The van der Waals surface area contributed by atoms with E-state index in [1.807, 2.05) is 6.92 Å². The normalized spacial score (nSPS) is 9.93. The Hall–Kier alpha value is -1.10. The first-order valence-electron chi connectivity index (χ1n) is 4.22. The van der Waals surface area contributed by atoms with Crippen LogP contribution in [0.2, 0.25) is 0 Å². The van der Waals surface area contributed by atoms with Gasteiger partial charge in [0.2, 0.25) is 0 Å². The largest absolute Gasteiger partial charge is 0.355 e. The van der Waals surface area contributed by atoms with Crippen LogP contribution in [0.4, 0.5) is 0 Å². The molecule has 0 saturated carbocycles. The maximum absolute atomic E-state index is 11.6. The molecular formula is C9H11BrN2O2. The quantitative estimate of drug-likeness (QED) is 0.861. The molecule has 0 fully saturated rings. The molecule has 76 valence electrons. The molecule has 14 heavy (non-hydrogen) atoms. The van der Waals surface area contributed by atoms with Crippen molar-refractivity contribution >= 4 is 21.8 Å². The Bertz CT molecular complexity index is 412. The molecule has 1 aromatic rings. The van der Waals surface area contributed by atoms with E-state index in [0.717, 1.165) is 4.47 Å². The zero-order valence-corrected chi connectivity index (χ0v) is 9.59. The molecule has 1 aromatic heterocycles. The van der Waals surface area contributed by atoms with E-state index in [1.165, 1.54) is 17.7 Å². The molecule has 1 amide bonds. The summed E-state index contributed by atoms with van der Waals surface area (Å²) in [5.41, 5.74) is -0.112. The number of nitrogens with zero attached hydrogens (tertiary/aromatic N) is 1. The van der Waals surface area contributed by atoms with Crippen LogP contribution < -0.4 is 10.9 Å². The topological polar surface area (TPSA) is 51.1 Å². The van der Waals surface area contributed by atoms with Crippen molar-refractivity contribution in [2.24, 2.45) is 0 Å². The van der Waals surface area contributed by atoms with E-state index in [0.29, 0.717) is 6.54 Å². The summed E-state index contributed by atoms with van der Waals surface area (Å²) in [5.74, 6) is -0.362. The average molecular weight is 259 g/mol. The number of pyridine rings is 1. The second-order valence-electron chi connectivity index (χ2n) is 2.74. The Morgan fingerprint density at radius 2 is 2.29 bits per heavy atom. The summed E-state index contributed by atoms with van der Waals surface area (Å²) in [6.07, 6.45) is 1.66. The molecule has 0 unspecified atom stereocenters. The second kappa shape index (κ2) is 4.41. The number of rotatable bonds is 2. The highest BCUT2D eigenvalue weighted by Crippen LogP contribution is 2.08. The van der Waals surface area contributed by atoms with Crippen LogP contribution in [0.5, 0.6) is 0 Å². The summed E-state index contributed by atoms with van der Waals surface area (Å²) in [5, 5.41) is 2.43. The second-order valence-corrected chi connectivity index (χ2v) is 3.66. The number of amides is 1. The fourth-order valence-corrected chi connectivity index (χ4v) is 1.61. The number of aromatic nitrogens is 1. The van der Waals surface area contributed by atoms with Gasteiger partial charge in [-0.3, -0.25) is 9.59 Å². The predicted molar refractivity (Wildman–Crippen MR) is 57.5 cm³/mol. The fraction of sp³-hybridized carbons (Fsp3) is 0.333. The van der Waals surface area contributed by atoms with Crippen LogP contribution in [0.1, 0.15) is 17.3 Å². The van der Waals surface area contributed by atoms with Crippen LogP contribution in [0.25, 0.3) is 0 Å². The Labute approximate surface area is 90.1 Å². The van der Waals surface area contributed by atoms with Gasteiger partial charge in [0.1, 0.15) is 5.56 Å². The Balaban J connectivity index is 3.37. The van der Waals surface area contributed by atoms with E-state index < -0.39 is 0 Å². The van der Waals surface area contributed by atoms with Gasteiger partial charge >= 0.3 is 0 Å². The van der Waals surface area contributed by atoms with Crippen molar-refractivity contribution in [3.63, 3.8) is 0 Å². The standard InChI is InChI=1S/C9H11BrN2O2/c1-3-12-5-6(10)4-7(9(12)14)8(13)11-2/h4-5H,3H2,1-2H3,(H,11,13). The predicted octanol–water partition coefficient (Wildman–Crippen LogP) is 0.990. The molecule has 4 nitrogen and oxygen atoms in total. The molecule has 1 N–H and O–H groups in total. The highest BCUT2D eigenvalue weighted by Gasteiger charge is 2.11. The van der Waals surface area contributed by atoms with Gasteiger partial charge in [-0.15, -0.1) is 0 Å². The van der Waals surface area contributed by atoms with Crippen LogP contribution >= 0.6 is 15.9 Å². The average Bonchev–Trinajstić information content (AvgIpc) is 2.19. The molecule has 0 radical (unpaired) electrons. The van der Waals surface area contributed by atoms with Gasteiger partial charge in [-0.2, -0.15) is 0 Å². The first-order valence-corrected chi connectivity index (χ1v) is 5.01. The lowest BCUT2D eigenvalue weighted by molar-refractivity contribution is 0.0961. The van der Waals surface area contributed by atoms with Gasteiger partial charge in [0.15, 0.2) is 0 Å². The molecule has 0 aliphatic rings. The summed E-state index contributed by atoms with van der Waals surface area (Å²) >= 11 is 3.25. The van der Waals surface area contributed by atoms with E-state index in [1.54, 1.807) is 6.20 Å². The summed E-state index contributed by atoms with van der Waals surface area (Å²) in [7, 11) is 1.50. The molecule has 0 saturated heterocycles. The number of hydrogen-bond acceptors (Lipinski definition) is 2. The van der Waals surface area contributed by atoms with Crippen molar-refractivity contribution in [2.75, 3.05) is 7.05 Å². The molecule has 0 aromatic carbocycles. The SMILES string of the molecule is CCn1cc(Br)cc(C(=O)NC)c1=O. The van der Waals surface area contributed by atoms with E-state index in [2.05, 4.69) is 21.2 Å². The van der Waals surface area contributed by atoms with Crippen molar-refractivity contribution < 1.29 is 4.79 Å². The molecule has 0 spiro atoms. The van der Waals surface area contributed by atoms with Gasteiger partial charge in [-0.05, 0) is 28.9 Å². The minimum atomic E-state index is -0.362. The lowest BCUT2D eigenvalue weighted by atomic mass is 10.2. The van der Waals surface area contributed by atoms with Crippen LogP contribution in [0.15, 0.2) is 21.5 Å². The van der Waals surface area contributed by atoms with Gasteiger partial charge in [-0.1, -0.05) is 0 Å². The van der Waals surface area contributed by atoms with Crippen molar-refractivity contribution in [3.8, 4) is 0 Å². The number of carbonyl (C=O) groups excluding carboxylic acids is 1. The number of hydrogen-bond donors (Lipinski definition) is 1. The molecule has 1 rings (SSSR count). The maximum Gasteiger partial charge on any atom is 0.263 e. The zero-order chi connectivity index (χ0) is 10.7. The van der Waals surface area contributed by atoms with Gasteiger partial charge in [0, 0.05) is 24.3 Å². The maximum atomic E-state index is 11.6. The van der Waals surface area contributed by atoms with E-state index in [9.17, 15) is 9.59 Å². The number of carbonyl (C=O) groups is 1. The van der Waals surface area contributed by atoms with Crippen LogP contribution in [0, 0.1) is 0 Å². The molecule has 0 atom stereocenters. The van der Waals surface area contributed by atoms with Crippen molar-refractivity contribution in [3.05, 3.63) is 32.7 Å². The van der Waals surface area contributed by atoms with Crippen molar-refractivity contribution in [2.45, 2.75) is 13.5 Å². The van der Waals surface area contributed by atoms with Gasteiger partial charge in [0.25, 0.3) is 11.5 Å². The van der Waals surface area contributed by atoms with Gasteiger partial charge in [-0.25, -0.2) is 0 Å². The molecule has 5 heteroatoms. The minimum Gasteiger partial charge on any atom is -0.355 e. The number of aryl methyl sites for hydroxylation is 1. The van der Waals surface area contributed by atoms with E-state index >= 15 is 0 Å². The minimum absolute atomic E-state index is 0.156. The van der Waals surface area contributed by atoms with Crippen LogP contribution in [-0.2, 0) is 6.54 Å². The third kappa shape index (κ3) is 2.04. The highest BCUT2D eigenvalue weighted by molar-refractivity contribution is 9.10. The van der Waals surface area contributed by atoms with Gasteiger partial charge in [0.05, 0.1) is 0 Å². The first-order chi connectivity index (χ1) is 6.60. The first kappa shape index (κ1) is 11.0. The van der Waals surface area contributed by atoms with Crippen LogP contribution in [0.3, 0.4) is 0 Å². The fourth-order valence-electron chi connectivity index (χ4n) is 1.13. The zero-order valence-electron chi connectivity index (χ0n) is 8.00. The molecule has 0 aliphatic heterocycles. The van der Waals surface area contributed by atoms with Crippen LogP contribution in [-0.4, -0.2) is 17.5 Å². The lowest BCUT2D eigenvalue weighted by Gasteiger charge is -2.05. The van der Waals surface area contributed by atoms with E-state index in [4.69, 9.17) is 0 Å². The van der Waals surface area contributed by atoms with Crippen molar-refractivity contribution in [1.29, 1.82) is 0 Å². The molecule has 0 aliphatic carbocycles. The summed E-state index contributed by atoms with van der Waals surface area (Å²) in [6.45, 7) is 2.39. The molecular weight excluding hydrogens is 248 g/mol. The van der Waals surface area contributed by atoms with Gasteiger partial charge < -0.3 is 9.88 Å². The molecule has 0 bridgehead atoms. The lowest BCUT2D eigenvalue weighted by Crippen LogP contribution is -2.30. The Morgan fingerprint density at radius 3 is 2.79 bits per heavy atom. The van der Waals surface area contributed by atoms with Crippen molar-refractivity contribution in [1.82, 2.24) is 9.88 Å². The van der Waals surface area contributed by atoms with E-state index in [-0.39, 0.29) is 17.0 Å². The summed E-state index contributed by atoms with van der Waals surface area (Å²) < 4.78 is 2.20. The summed E-state index contributed by atoms with van der Waals surface area (Å²) in [6, 6.07) is 1.52. The Morgan fingerprint density at radius 1 is 1.64 bits per heavy atom.